The van der Waals surface area contributed by atoms with E-state index < -0.39 is 11.7 Å². The van der Waals surface area contributed by atoms with Crippen LogP contribution in [0.5, 0.6) is 5.75 Å². The van der Waals surface area contributed by atoms with Gasteiger partial charge in [-0.25, -0.2) is 0 Å². The number of hydrogen-bond acceptors (Lipinski definition) is 4. The lowest BCUT2D eigenvalue weighted by Gasteiger charge is -2.36. The Bertz CT molecular complexity index is 875. The van der Waals surface area contributed by atoms with Gasteiger partial charge in [0, 0.05) is 36.3 Å². The van der Waals surface area contributed by atoms with Gasteiger partial charge in [0.2, 0.25) is 5.91 Å². The first-order valence-corrected chi connectivity index (χ1v) is 9.83. The number of piperazine rings is 1. The van der Waals surface area contributed by atoms with Crippen LogP contribution >= 0.6 is 28.3 Å². The van der Waals surface area contributed by atoms with Gasteiger partial charge < -0.3 is 15.0 Å². The van der Waals surface area contributed by atoms with Gasteiger partial charge in [0.15, 0.2) is 0 Å². The predicted molar refractivity (Wildman–Crippen MR) is 117 cm³/mol. The minimum atomic E-state index is -4.36. The lowest BCUT2D eigenvalue weighted by Crippen LogP contribution is -2.48. The molecule has 0 radical (unpaired) electrons. The number of halogens is 5. The number of nitrogens with zero attached hydrogens (tertiary/aromatic N) is 2. The normalized spacial score (nSPS) is 14.8. The van der Waals surface area contributed by atoms with Crippen molar-refractivity contribution in [3.63, 3.8) is 0 Å². The quantitative estimate of drug-likeness (QED) is 0.638. The highest BCUT2D eigenvalue weighted by atomic mass is 79.9. The molecular formula is C20H22BrClF3N3O2. The number of carbonyl (C=O) groups is 1. The van der Waals surface area contributed by atoms with E-state index >= 15 is 0 Å². The molecule has 1 aliphatic rings. The number of amides is 1. The van der Waals surface area contributed by atoms with Gasteiger partial charge in [0.05, 0.1) is 24.9 Å². The molecule has 1 aliphatic heterocycles. The molecule has 1 N–H and O–H groups in total. The van der Waals surface area contributed by atoms with Crippen LogP contribution in [0.4, 0.5) is 24.5 Å². The average molecular weight is 509 g/mol. The Hall–Kier alpha value is -1.97. The van der Waals surface area contributed by atoms with Crippen molar-refractivity contribution < 1.29 is 22.7 Å². The van der Waals surface area contributed by atoms with Crippen molar-refractivity contribution in [3.05, 3.63) is 52.5 Å². The monoisotopic (exact) mass is 507 g/mol. The van der Waals surface area contributed by atoms with Crippen molar-refractivity contribution in [2.45, 2.75) is 6.18 Å². The second-order valence-electron chi connectivity index (χ2n) is 6.70. The highest BCUT2D eigenvalue weighted by Gasteiger charge is 2.31. The lowest BCUT2D eigenvalue weighted by molar-refractivity contribution is -0.137. The third-order valence-electron chi connectivity index (χ3n) is 4.72. The topological polar surface area (TPSA) is 44.8 Å². The summed E-state index contributed by atoms with van der Waals surface area (Å²) < 4.78 is 44.9. The van der Waals surface area contributed by atoms with Crippen LogP contribution in [0.1, 0.15) is 5.56 Å². The molecule has 0 saturated carbocycles. The van der Waals surface area contributed by atoms with Gasteiger partial charge in [-0.15, -0.1) is 12.4 Å². The smallest absolute Gasteiger partial charge is 0.416 e. The van der Waals surface area contributed by atoms with E-state index in [1.807, 2.05) is 15.9 Å². The predicted octanol–water partition coefficient (Wildman–Crippen LogP) is 4.66. The maximum atomic E-state index is 12.9. The Morgan fingerprint density at radius 1 is 1.13 bits per heavy atom. The number of nitrogens with one attached hydrogen (secondary N) is 1. The molecule has 0 bridgehead atoms. The Labute approximate surface area is 187 Å². The van der Waals surface area contributed by atoms with Crippen molar-refractivity contribution in [1.29, 1.82) is 0 Å². The number of rotatable bonds is 5. The molecule has 2 aromatic carbocycles. The molecule has 2 aromatic rings. The number of benzene rings is 2. The van der Waals surface area contributed by atoms with Crippen LogP contribution in [0.15, 0.2) is 46.9 Å². The van der Waals surface area contributed by atoms with Crippen LogP contribution < -0.4 is 15.0 Å². The number of carbonyl (C=O) groups excluding carboxylic acids is 1. The number of methoxy groups -OCH3 is 1. The molecular weight excluding hydrogens is 487 g/mol. The maximum absolute atomic E-state index is 12.9. The molecule has 1 amide bonds. The van der Waals surface area contributed by atoms with Gasteiger partial charge in [0.1, 0.15) is 5.75 Å². The van der Waals surface area contributed by atoms with Gasteiger partial charge in [-0.3, -0.25) is 9.69 Å². The summed E-state index contributed by atoms with van der Waals surface area (Å²) in [5, 5.41) is 2.84. The first-order chi connectivity index (χ1) is 13.8. The SMILES string of the molecule is COc1cc(Br)ccc1NC(=O)CN1CCN(c2cccc(C(F)(F)F)c2)CC1.Cl. The molecule has 30 heavy (non-hydrogen) atoms. The van der Waals surface area contributed by atoms with E-state index in [2.05, 4.69) is 21.2 Å². The zero-order valence-electron chi connectivity index (χ0n) is 16.2. The van der Waals surface area contributed by atoms with E-state index in [1.54, 1.807) is 18.2 Å². The summed E-state index contributed by atoms with van der Waals surface area (Å²) in [5.41, 5.74) is 0.479. The van der Waals surface area contributed by atoms with Crippen LogP contribution in [-0.4, -0.2) is 50.6 Å². The number of anilines is 2. The number of hydrogen-bond donors (Lipinski definition) is 1. The molecule has 0 aliphatic carbocycles. The molecule has 10 heteroatoms. The molecule has 0 atom stereocenters. The molecule has 1 saturated heterocycles. The standard InChI is InChI=1S/C20H21BrF3N3O2.ClH/c1-29-18-12-15(21)5-6-17(18)25-19(28)13-26-7-9-27(10-8-26)16-4-2-3-14(11-16)20(22,23)24;/h2-6,11-12H,7-10,13H2,1H3,(H,25,28);1H. The molecule has 1 fully saturated rings. The van der Waals surface area contributed by atoms with Crippen molar-refractivity contribution in [2.24, 2.45) is 0 Å². The van der Waals surface area contributed by atoms with Crippen molar-refractivity contribution in [1.82, 2.24) is 4.90 Å². The average Bonchev–Trinajstić information content (AvgIpc) is 2.69. The number of alkyl halides is 3. The van der Waals surface area contributed by atoms with Gasteiger partial charge in [-0.2, -0.15) is 13.2 Å². The largest absolute Gasteiger partial charge is 0.495 e. The summed E-state index contributed by atoms with van der Waals surface area (Å²) in [6, 6.07) is 10.7. The van der Waals surface area contributed by atoms with Crippen molar-refractivity contribution in [3.8, 4) is 5.75 Å². The van der Waals surface area contributed by atoms with Crippen molar-refractivity contribution in [2.75, 3.05) is 50.1 Å². The minimum Gasteiger partial charge on any atom is -0.495 e. The van der Waals surface area contributed by atoms with Crippen molar-refractivity contribution >= 4 is 45.6 Å². The Morgan fingerprint density at radius 2 is 1.83 bits per heavy atom. The summed E-state index contributed by atoms with van der Waals surface area (Å²) in [7, 11) is 1.53. The Balaban J connectivity index is 0.00000320. The highest BCUT2D eigenvalue weighted by Crippen LogP contribution is 2.32. The van der Waals surface area contributed by atoms with E-state index in [-0.39, 0.29) is 24.9 Å². The summed E-state index contributed by atoms with van der Waals surface area (Å²) in [6.45, 7) is 2.48. The molecule has 0 aromatic heterocycles. The van der Waals surface area contributed by atoms with E-state index in [1.165, 1.54) is 19.2 Å². The minimum absolute atomic E-state index is 0. The first kappa shape index (κ1) is 24.3. The maximum Gasteiger partial charge on any atom is 0.416 e. The third-order valence-corrected chi connectivity index (χ3v) is 5.21. The Kier molecular flexibility index (Phi) is 8.40. The van der Waals surface area contributed by atoms with Gasteiger partial charge >= 0.3 is 6.18 Å². The summed E-state index contributed by atoms with van der Waals surface area (Å²) in [6.07, 6.45) is -4.36. The van der Waals surface area contributed by atoms with Gasteiger partial charge in [0.25, 0.3) is 0 Å². The Morgan fingerprint density at radius 3 is 2.47 bits per heavy atom. The molecule has 0 spiro atoms. The van der Waals surface area contributed by atoms with E-state index in [4.69, 9.17) is 4.74 Å². The van der Waals surface area contributed by atoms with Crippen LogP contribution in [0, 0.1) is 0 Å². The van der Waals surface area contributed by atoms with Crippen LogP contribution in [0.2, 0.25) is 0 Å². The summed E-state index contributed by atoms with van der Waals surface area (Å²) >= 11 is 3.36. The second kappa shape index (κ2) is 10.4. The molecule has 5 nitrogen and oxygen atoms in total. The number of ether oxygens (including phenoxy) is 1. The van der Waals surface area contributed by atoms with Crippen LogP contribution in [-0.2, 0) is 11.0 Å². The zero-order valence-corrected chi connectivity index (χ0v) is 18.6. The molecule has 0 unspecified atom stereocenters. The first-order valence-electron chi connectivity index (χ1n) is 9.04. The fourth-order valence-corrected chi connectivity index (χ4v) is 3.54. The summed E-state index contributed by atoms with van der Waals surface area (Å²) in [5.74, 6) is 0.389. The fourth-order valence-electron chi connectivity index (χ4n) is 3.20. The lowest BCUT2D eigenvalue weighted by atomic mass is 10.1. The molecule has 3 rings (SSSR count). The van der Waals surface area contributed by atoms with Gasteiger partial charge in [-0.1, -0.05) is 22.0 Å². The second-order valence-corrected chi connectivity index (χ2v) is 7.62. The van der Waals surface area contributed by atoms with Crippen LogP contribution in [0.3, 0.4) is 0 Å². The molecule has 164 valence electrons. The van der Waals surface area contributed by atoms with E-state index in [0.717, 1.165) is 10.5 Å². The fraction of sp³-hybridized carbons (Fsp3) is 0.350. The van der Waals surface area contributed by atoms with Crippen LogP contribution in [0.25, 0.3) is 0 Å². The molecule has 1 heterocycles. The zero-order chi connectivity index (χ0) is 21.0. The highest BCUT2D eigenvalue weighted by molar-refractivity contribution is 9.10. The van der Waals surface area contributed by atoms with Gasteiger partial charge in [-0.05, 0) is 36.4 Å². The summed E-state index contributed by atoms with van der Waals surface area (Å²) in [4.78, 5) is 16.3. The van der Waals surface area contributed by atoms with E-state index in [0.29, 0.717) is 43.3 Å². The van der Waals surface area contributed by atoms with E-state index in [9.17, 15) is 18.0 Å². The third kappa shape index (κ3) is 6.26.